The van der Waals surface area contributed by atoms with Crippen molar-refractivity contribution in [3.05, 3.63) is 46.7 Å². The summed E-state index contributed by atoms with van der Waals surface area (Å²) in [5.74, 6) is 0. The molecule has 2 aromatic heterocycles. The molecule has 0 fully saturated rings. The zero-order valence-corrected chi connectivity index (χ0v) is 13.2. The third kappa shape index (κ3) is 3.19. The number of fused-ring (bicyclic) bond motifs is 1. The molecule has 5 heteroatoms. The van der Waals surface area contributed by atoms with Crippen LogP contribution in [0.15, 0.2) is 36.8 Å². The SMILES string of the molecule is CC(C)(C)c1ncc(CNc2ccc3nccnc3c2)s1. The highest BCUT2D eigenvalue weighted by atomic mass is 32.1. The van der Waals surface area contributed by atoms with Gasteiger partial charge in [0.2, 0.25) is 0 Å². The highest BCUT2D eigenvalue weighted by Gasteiger charge is 2.17. The molecule has 0 aliphatic heterocycles. The fourth-order valence-corrected chi connectivity index (χ4v) is 2.91. The second kappa shape index (κ2) is 5.41. The van der Waals surface area contributed by atoms with E-state index in [1.165, 1.54) is 9.88 Å². The van der Waals surface area contributed by atoms with Crippen LogP contribution in [0, 0.1) is 0 Å². The molecular formula is C16H18N4S. The van der Waals surface area contributed by atoms with Crippen LogP contribution in [0.3, 0.4) is 0 Å². The van der Waals surface area contributed by atoms with E-state index in [1.807, 2.05) is 24.4 Å². The molecule has 0 saturated heterocycles. The second-order valence-corrected chi connectivity index (χ2v) is 7.11. The maximum absolute atomic E-state index is 4.51. The maximum atomic E-state index is 4.51. The van der Waals surface area contributed by atoms with E-state index < -0.39 is 0 Å². The van der Waals surface area contributed by atoms with Gasteiger partial charge in [0, 0.05) is 34.6 Å². The molecule has 21 heavy (non-hydrogen) atoms. The zero-order valence-electron chi connectivity index (χ0n) is 12.4. The average Bonchev–Trinajstić information content (AvgIpc) is 2.94. The molecule has 0 unspecified atom stereocenters. The minimum absolute atomic E-state index is 0.113. The lowest BCUT2D eigenvalue weighted by Gasteiger charge is -2.13. The Balaban J connectivity index is 1.73. The normalized spacial score (nSPS) is 11.8. The van der Waals surface area contributed by atoms with Gasteiger partial charge in [0.05, 0.1) is 22.6 Å². The first kappa shape index (κ1) is 13.9. The molecule has 4 nitrogen and oxygen atoms in total. The molecule has 0 atom stereocenters. The smallest absolute Gasteiger partial charge is 0.0981 e. The van der Waals surface area contributed by atoms with Gasteiger partial charge in [-0.3, -0.25) is 9.97 Å². The number of nitrogens with zero attached hydrogens (tertiary/aromatic N) is 3. The average molecular weight is 298 g/mol. The molecule has 1 N–H and O–H groups in total. The van der Waals surface area contributed by atoms with Gasteiger partial charge in [-0.2, -0.15) is 0 Å². The van der Waals surface area contributed by atoms with Crippen molar-refractivity contribution >= 4 is 28.1 Å². The Bertz CT molecular complexity index is 758. The van der Waals surface area contributed by atoms with Crippen molar-refractivity contribution in [3.63, 3.8) is 0 Å². The molecule has 1 aromatic carbocycles. The van der Waals surface area contributed by atoms with E-state index in [0.29, 0.717) is 0 Å². The van der Waals surface area contributed by atoms with E-state index in [0.717, 1.165) is 23.3 Å². The van der Waals surface area contributed by atoms with E-state index >= 15 is 0 Å². The molecule has 0 aliphatic carbocycles. The number of anilines is 1. The van der Waals surface area contributed by atoms with Crippen LogP contribution in [-0.2, 0) is 12.0 Å². The highest BCUT2D eigenvalue weighted by Crippen LogP contribution is 2.27. The summed E-state index contributed by atoms with van der Waals surface area (Å²) in [5, 5.41) is 4.59. The summed E-state index contributed by atoms with van der Waals surface area (Å²) in [6, 6.07) is 6.04. The van der Waals surface area contributed by atoms with Gasteiger partial charge in [0.1, 0.15) is 0 Å². The molecular weight excluding hydrogens is 280 g/mol. The lowest BCUT2D eigenvalue weighted by Crippen LogP contribution is -2.09. The standard InChI is InChI=1S/C16H18N4S/c1-16(2,3)15-20-10-12(21-15)9-19-11-4-5-13-14(8-11)18-7-6-17-13/h4-8,10,19H,9H2,1-3H3. The van der Waals surface area contributed by atoms with Crippen LogP contribution >= 0.6 is 11.3 Å². The summed E-state index contributed by atoms with van der Waals surface area (Å²) >= 11 is 1.76. The van der Waals surface area contributed by atoms with Crippen molar-refractivity contribution in [2.45, 2.75) is 32.7 Å². The highest BCUT2D eigenvalue weighted by molar-refractivity contribution is 7.11. The first-order chi connectivity index (χ1) is 10.0. The monoisotopic (exact) mass is 298 g/mol. The molecule has 3 aromatic rings. The van der Waals surface area contributed by atoms with Gasteiger partial charge in [0.15, 0.2) is 0 Å². The number of thiazole rings is 1. The number of benzene rings is 1. The van der Waals surface area contributed by atoms with Gasteiger partial charge in [0.25, 0.3) is 0 Å². The van der Waals surface area contributed by atoms with E-state index in [1.54, 1.807) is 23.7 Å². The Kier molecular flexibility index (Phi) is 3.59. The van der Waals surface area contributed by atoms with E-state index in [2.05, 4.69) is 41.0 Å². The predicted octanol–water partition coefficient (Wildman–Crippen LogP) is 4.00. The topological polar surface area (TPSA) is 50.7 Å². The van der Waals surface area contributed by atoms with Crippen molar-refractivity contribution in [2.24, 2.45) is 0 Å². The maximum Gasteiger partial charge on any atom is 0.0981 e. The quantitative estimate of drug-likeness (QED) is 0.794. The Morgan fingerprint density at radius 3 is 2.52 bits per heavy atom. The fraction of sp³-hybridized carbons (Fsp3) is 0.312. The summed E-state index contributed by atoms with van der Waals surface area (Å²) in [5.41, 5.74) is 2.98. The summed E-state index contributed by atoms with van der Waals surface area (Å²) in [6.45, 7) is 7.33. The van der Waals surface area contributed by atoms with Crippen LogP contribution in [0.2, 0.25) is 0 Å². The molecule has 2 heterocycles. The van der Waals surface area contributed by atoms with Crippen LogP contribution in [0.25, 0.3) is 11.0 Å². The molecule has 0 radical (unpaired) electrons. The summed E-state index contributed by atoms with van der Waals surface area (Å²) in [4.78, 5) is 14.3. The number of hydrogen-bond donors (Lipinski definition) is 1. The number of aromatic nitrogens is 3. The minimum Gasteiger partial charge on any atom is -0.380 e. The summed E-state index contributed by atoms with van der Waals surface area (Å²) in [7, 11) is 0. The lowest BCUT2D eigenvalue weighted by molar-refractivity contribution is 0.585. The molecule has 108 valence electrons. The van der Waals surface area contributed by atoms with Crippen LogP contribution in [0.4, 0.5) is 5.69 Å². The number of nitrogens with one attached hydrogen (secondary N) is 1. The third-order valence-electron chi connectivity index (χ3n) is 3.13. The van der Waals surface area contributed by atoms with Gasteiger partial charge < -0.3 is 5.32 Å². The number of hydrogen-bond acceptors (Lipinski definition) is 5. The zero-order chi connectivity index (χ0) is 14.9. The van der Waals surface area contributed by atoms with Crippen LogP contribution in [0.5, 0.6) is 0 Å². The molecule has 0 spiro atoms. The Labute approximate surface area is 128 Å². The molecule has 3 rings (SSSR count). The van der Waals surface area contributed by atoms with E-state index in [-0.39, 0.29) is 5.41 Å². The van der Waals surface area contributed by atoms with Crippen molar-refractivity contribution in [1.82, 2.24) is 15.0 Å². The van der Waals surface area contributed by atoms with Gasteiger partial charge in [-0.1, -0.05) is 20.8 Å². The van der Waals surface area contributed by atoms with Crippen LogP contribution in [-0.4, -0.2) is 15.0 Å². The predicted molar refractivity (Wildman–Crippen MR) is 87.7 cm³/mol. The van der Waals surface area contributed by atoms with Crippen molar-refractivity contribution in [2.75, 3.05) is 5.32 Å². The molecule has 0 amide bonds. The summed E-state index contributed by atoms with van der Waals surface area (Å²) < 4.78 is 0. The van der Waals surface area contributed by atoms with Crippen molar-refractivity contribution < 1.29 is 0 Å². The lowest BCUT2D eigenvalue weighted by atomic mass is 9.98. The fourth-order valence-electron chi connectivity index (χ4n) is 2.00. The minimum atomic E-state index is 0.113. The third-order valence-corrected chi connectivity index (χ3v) is 4.55. The van der Waals surface area contributed by atoms with Gasteiger partial charge in [-0.15, -0.1) is 11.3 Å². The molecule has 0 saturated carbocycles. The molecule has 0 aliphatic rings. The van der Waals surface area contributed by atoms with Crippen LogP contribution in [0.1, 0.15) is 30.7 Å². The molecule has 0 bridgehead atoms. The second-order valence-electron chi connectivity index (χ2n) is 6.00. The van der Waals surface area contributed by atoms with E-state index in [9.17, 15) is 0 Å². The van der Waals surface area contributed by atoms with Crippen LogP contribution < -0.4 is 5.32 Å². The van der Waals surface area contributed by atoms with Gasteiger partial charge in [-0.25, -0.2) is 4.98 Å². The number of rotatable bonds is 3. The van der Waals surface area contributed by atoms with Crippen molar-refractivity contribution in [3.8, 4) is 0 Å². The first-order valence-electron chi connectivity index (χ1n) is 6.92. The Morgan fingerprint density at radius 2 is 1.81 bits per heavy atom. The largest absolute Gasteiger partial charge is 0.380 e. The first-order valence-corrected chi connectivity index (χ1v) is 7.74. The van der Waals surface area contributed by atoms with E-state index in [4.69, 9.17) is 0 Å². The Hall–Kier alpha value is -2.01. The van der Waals surface area contributed by atoms with Gasteiger partial charge in [-0.05, 0) is 18.2 Å². The van der Waals surface area contributed by atoms with Crippen molar-refractivity contribution in [1.29, 1.82) is 0 Å². The van der Waals surface area contributed by atoms with Gasteiger partial charge >= 0.3 is 0 Å². The Morgan fingerprint density at radius 1 is 1.05 bits per heavy atom. The summed E-state index contributed by atoms with van der Waals surface area (Å²) in [6.07, 6.45) is 5.38.